The van der Waals surface area contributed by atoms with Gasteiger partial charge in [0, 0.05) is 24.2 Å². The van der Waals surface area contributed by atoms with Crippen LogP contribution in [0.3, 0.4) is 0 Å². The molecule has 0 bridgehead atoms. The van der Waals surface area contributed by atoms with Crippen molar-refractivity contribution >= 4 is 6.09 Å². The van der Waals surface area contributed by atoms with Crippen LogP contribution in [0, 0.1) is 0 Å². The van der Waals surface area contributed by atoms with Gasteiger partial charge in [-0.05, 0) is 6.42 Å². The molecule has 1 rings (SSSR count). The summed E-state index contributed by atoms with van der Waals surface area (Å²) in [7, 11) is 6.05. The van der Waals surface area contributed by atoms with E-state index in [2.05, 4.69) is 10.1 Å². The standard InChI is InChI=1S/C13H19NO5/c1-16-9-7-11(17-2)10(12(8-9)18-3)5-6-14-13(15)19-4/h7-8H,5-6H2,1-4H3,(H,14,15). The van der Waals surface area contributed by atoms with Crippen molar-refractivity contribution in [2.75, 3.05) is 35.0 Å². The summed E-state index contributed by atoms with van der Waals surface area (Å²) in [6, 6.07) is 3.55. The average Bonchev–Trinajstić information content (AvgIpc) is 2.46. The zero-order valence-corrected chi connectivity index (χ0v) is 11.6. The minimum atomic E-state index is -0.466. The monoisotopic (exact) mass is 269 g/mol. The van der Waals surface area contributed by atoms with Gasteiger partial charge in [0.1, 0.15) is 17.2 Å². The largest absolute Gasteiger partial charge is 0.496 e. The lowest BCUT2D eigenvalue weighted by Crippen LogP contribution is -2.25. The topological polar surface area (TPSA) is 66.0 Å². The summed E-state index contributed by atoms with van der Waals surface area (Å²) in [5.74, 6) is 1.96. The lowest BCUT2D eigenvalue weighted by Gasteiger charge is -2.15. The molecule has 1 aromatic rings. The molecule has 19 heavy (non-hydrogen) atoms. The Morgan fingerprint density at radius 3 is 2.05 bits per heavy atom. The molecule has 0 spiro atoms. The SMILES string of the molecule is COC(=O)NCCc1c(OC)cc(OC)cc1OC. The van der Waals surface area contributed by atoms with Crippen LogP contribution in [0.5, 0.6) is 17.2 Å². The van der Waals surface area contributed by atoms with Gasteiger partial charge in [-0.2, -0.15) is 0 Å². The molecule has 0 aliphatic rings. The van der Waals surface area contributed by atoms with E-state index in [9.17, 15) is 4.79 Å². The molecule has 106 valence electrons. The van der Waals surface area contributed by atoms with Crippen molar-refractivity contribution in [2.45, 2.75) is 6.42 Å². The number of rotatable bonds is 6. The Morgan fingerprint density at radius 1 is 1.05 bits per heavy atom. The summed E-state index contributed by atoms with van der Waals surface area (Å²) in [4.78, 5) is 11.0. The number of nitrogens with one attached hydrogen (secondary N) is 1. The van der Waals surface area contributed by atoms with Gasteiger partial charge in [-0.15, -0.1) is 0 Å². The van der Waals surface area contributed by atoms with E-state index in [-0.39, 0.29) is 0 Å². The summed E-state index contributed by atoms with van der Waals surface area (Å²) in [5.41, 5.74) is 0.863. The highest BCUT2D eigenvalue weighted by atomic mass is 16.5. The Hall–Kier alpha value is -2.11. The average molecular weight is 269 g/mol. The van der Waals surface area contributed by atoms with E-state index in [4.69, 9.17) is 14.2 Å². The van der Waals surface area contributed by atoms with E-state index in [0.717, 1.165) is 5.56 Å². The van der Waals surface area contributed by atoms with Gasteiger partial charge in [0.2, 0.25) is 0 Å². The molecule has 6 nitrogen and oxygen atoms in total. The van der Waals surface area contributed by atoms with Crippen molar-refractivity contribution in [3.05, 3.63) is 17.7 Å². The Kier molecular flexibility index (Phi) is 5.78. The smallest absolute Gasteiger partial charge is 0.406 e. The van der Waals surface area contributed by atoms with Crippen molar-refractivity contribution in [3.8, 4) is 17.2 Å². The van der Waals surface area contributed by atoms with Gasteiger partial charge in [-0.1, -0.05) is 0 Å². The molecule has 0 heterocycles. The third kappa shape index (κ3) is 3.94. The molecule has 0 aliphatic heterocycles. The van der Waals surface area contributed by atoms with Crippen molar-refractivity contribution < 1.29 is 23.7 Å². The highest BCUT2D eigenvalue weighted by Gasteiger charge is 2.13. The first-order valence-electron chi connectivity index (χ1n) is 5.77. The van der Waals surface area contributed by atoms with Crippen LogP contribution in [0.2, 0.25) is 0 Å². The second-order valence-corrected chi connectivity index (χ2v) is 3.68. The summed E-state index contributed by atoms with van der Waals surface area (Å²) in [6.07, 6.45) is 0.0947. The molecular formula is C13H19NO5. The molecule has 1 aromatic carbocycles. The predicted molar refractivity (Wildman–Crippen MR) is 70.2 cm³/mol. The van der Waals surface area contributed by atoms with Crippen LogP contribution < -0.4 is 19.5 Å². The third-order valence-corrected chi connectivity index (χ3v) is 2.65. The summed E-state index contributed by atoms with van der Waals surface area (Å²) < 4.78 is 20.3. The maximum Gasteiger partial charge on any atom is 0.406 e. The number of hydrogen-bond acceptors (Lipinski definition) is 5. The highest BCUT2D eigenvalue weighted by Crippen LogP contribution is 2.34. The summed E-state index contributed by atoms with van der Waals surface area (Å²) in [6.45, 7) is 0.422. The van der Waals surface area contributed by atoms with Gasteiger partial charge < -0.3 is 24.3 Å². The first kappa shape index (κ1) is 14.9. The van der Waals surface area contributed by atoms with Crippen LogP contribution in [0.1, 0.15) is 5.56 Å². The third-order valence-electron chi connectivity index (χ3n) is 2.65. The number of alkyl carbamates (subject to hydrolysis) is 1. The lowest BCUT2D eigenvalue weighted by atomic mass is 10.1. The van der Waals surface area contributed by atoms with Gasteiger partial charge in [-0.3, -0.25) is 0 Å². The molecule has 0 radical (unpaired) electrons. The van der Waals surface area contributed by atoms with E-state index in [0.29, 0.717) is 30.2 Å². The second kappa shape index (κ2) is 7.35. The van der Waals surface area contributed by atoms with Crippen molar-refractivity contribution in [3.63, 3.8) is 0 Å². The highest BCUT2D eigenvalue weighted by molar-refractivity contribution is 5.66. The Balaban J connectivity index is 2.88. The van der Waals surface area contributed by atoms with Crippen molar-refractivity contribution in [1.29, 1.82) is 0 Å². The van der Waals surface area contributed by atoms with Gasteiger partial charge >= 0.3 is 6.09 Å². The number of ether oxygens (including phenoxy) is 4. The minimum absolute atomic E-state index is 0.422. The zero-order valence-electron chi connectivity index (χ0n) is 11.6. The number of carbonyl (C=O) groups excluding carboxylic acids is 1. The van der Waals surface area contributed by atoms with E-state index >= 15 is 0 Å². The predicted octanol–water partition coefficient (Wildman–Crippen LogP) is 1.61. The molecule has 0 fully saturated rings. The molecule has 1 amide bonds. The van der Waals surface area contributed by atoms with Crippen LogP contribution in [0.15, 0.2) is 12.1 Å². The quantitative estimate of drug-likeness (QED) is 0.850. The van der Waals surface area contributed by atoms with E-state index in [1.807, 2.05) is 0 Å². The minimum Gasteiger partial charge on any atom is -0.496 e. The van der Waals surface area contributed by atoms with Gasteiger partial charge in [0.15, 0.2) is 0 Å². The lowest BCUT2D eigenvalue weighted by molar-refractivity contribution is 0.171. The fourth-order valence-electron chi connectivity index (χ4n) is 1.69. The van der Waals surface area contributed by atoms with E-state index in [1.165, 1.54) is 7.11 Å². The zero-order chi connectivity index (χ0) is 14.3. The Bertz CT molecular complexity index is 408. The maximum absolute atomic E-state index is 11.0. The first-order chi connectivity index (χ1) is 9.15. The fraction of sp³-hybridized carbons (Fsp3) is 0.462. The van der Waals surface area contributed by atoms with E-state index < -0.39 is 6.09 Å². The van der Waals surface area contributed by atoms with Crippen molar-refractivity contribution in [1.82, 2.24) is 5.32 Å². The summed E-state index contributed by atoms with van der Waals surface area (Å²) >= 11 is 0. The normalized spacial score (nSPS) is 9.68. The molecule has 0 saturated carbocycles. The number of hydrogen-bond donors (Lipinski definition) is 1. The number of amides is 1. The van der Waals surface area contributed by atoms with Gasteiger partial charge in [-0.25, -0.2) is 4.79 Å². The van der Waals surface area contributed by atoms with E-state index in [1.54, 1.807) is 33.5 Å². The summed E-state index contributed by atoms with van der Waals surface area (Å²) in [5, 5.41) is 2.61. The number of methoxy groups -OCH3 is 4. The second-order valence-electron chi connectivity index (χ2n) is 3.68. The van der Waals surface area contributed by atoms with Crippen LogP contribution in [0.25, 0.3) is 0 Å². The van der Waals surface area contributed by atoms with Crippen LogP contribution >= 0.6 is 0 Å². The fourth-order valence-corrected chi connectivity index (χ4v) is 1.69. The van der Waals surface area contributed by atoms with Gasteiger partial charge in [0.25, 0.3) is 0 Å². The van der Waals surface area contributed by atoms with Crippen LogP contribution in [-0.4, -0.2) is 41.1 Å². The molecular weight excluding hydrogens is 250 g/mol. The Labute approximate surface area is 112 Å². The van der Waals surface area contributed by atoms with Crippen LogP contribution in [0.4, 0.5) is 4.79 Å². The van der Waals surface area contributed by atoms with Gasteiger partial charge in [0.05, 0.1) is 28.4 Å². The first-order valence-corrected chi connectivity index (χ1v) is 5.77. The molecule has 1 N–H and O–H groups in total. The molecule has 0 aliphatic carbocycles. The van der Waals surface area contributed by atoms with Crippen LogP contribution in [-0.2, 0) is 11.2 Å². The number of benzene rings is 1. The molecule has 6 heteroatoms. The Morgan fingerprint density at radius 2 is 1.63 bits per heavy atom. The molecule has 0 unspecified atom stereocenters. The molecule has 0 atom stereocenters. The molecule has 0 aromatic heterocycles. The maximum atomic E-state index is 11.0. The number of carbonyl (C=O) groups is 1. The van der Waals surface area contributed by atoms with Crippen molar-refractivity contribution in [2.24, 2.45) is 0 Å². The molecule has 0 saturated heterocycles.